The topological polar surface area (TPSA) is 151 Å². The molecule has 0 saturated carbocycles. The third-order valence-corrected chi connectivity index (χ3v) is 11.7. The van der Waals surface area contributed by atoms with E-state index in [0.29, 0.717) is 26.1 Å². The third kappa shape index (κ3) is 38.5. The zero-order chi connectivity index (χ0) is 46.9. The van der Waals surface area contributed by atoms with Crippen LogP contribution in [0.25, 0.3) is 0 Å². The Morgan fingerprint density at radius 2 is 0.662 bits per heavy atom. The fourth-order valence-electron chi connectivity index (χ4n) is 7.83. The van der Waals surface area contributed by atoms with E-state index in [-0.39, 0.29) is 73.0 Å². The molecule has 364 valence electrons. The SMILES string of the molecule is CCC(CCCCCCCCCCCCCC(OCc1ccccc1)C(=O)[O-])OC(C)=O.CCC(CCCCCCCCCCCCCC(OCc1ccccc1)C(=O)[O-])OC(C)=O.[Ba+2]. The number of carbonyl (C=O) groups is 4. The molecule has 0 amide bonds. The van der Waals surface area contributed by atoms with Crippen molar-refractivity contribution in [2.75, 3.05) is 0 Å². The molecule has 0 fully saturated rings. The molecule has 4 atom stereocenters. The van der Waals surface area contributed by atoms with Crippen LogP contribution in [0.3, 0.4) is 0 Å². The molecule has 11 heteroatoms. The molecule has 2 aromatic carbocycles. The molecule has 2 rings (SSSR count). The van der Waals surface area contributed by atoms with E-state index in [1.807, 2.05) is 60.7 Å². The predicted molar refractivity (Wildman–Crippen MR) is 258 cm³/mol. The number of esters is 2. The Bertz CT molecular complexity index is 1320. The fraction of sp³-hybridized carbons (Fsp3) is 0.704. The van der Waals surface area contributed by atoms with Crippen LogP contribution in [-0.2, 0) is 51.3 Å². The third-order valence-electron chi connectivity index (χ3n) is 11.7. The average molecular weight is 1030 g/mol. The number of unbranched alkanes of at least 4 members (excludes halogenated alkanes) is 20. The minimum atomic E-state index is -1.11. The number of carboxylic acids is 2. The van der Waals surface area contributed by atoms with Crippen molar-refractivity contribution in [1.82, 2.24) is 0 Å². The standard InChI is InChI=1S/2C27H44O5.Ba/c2*1-3-25(32-23(2)28)20-16-11-9-7-5-4-6-8-10-12-17-21-26(27(29)30)31-22-24-18-14-13-15-19-24;/h2*13-15,18-19,25-26H,3-12,16-17,20-22H2,1-2H3,(H,29,30);/q;;+2/p-2. The number of carbonyl (C=O) groups excluding carboxylic acids is 4. The van der Waals surface area contributed by atoms with Crippen LogP contribution in [0, 0.1) is 0 Å². The molecule has 0 saturated heterocycles. The number of rotatable bonds is 40. The van der Waals surface area contributed by atoms with E-state index in [2.05, 4.69) is 13.8 Å². The van der Waals surface area contributed by atoms with Crippen LogP contribution in [0.15, 0.2) is 60.7 Å². The van der Waals surface area contributed by atoms with E-state index in [0.717, 1.165) is 88.2 Å². The van der Waals surface area contributed by atoms with Gasteiger partial charge in [0.25, 0.3) is 0 Å². The number of hydrogen-bond acceptors (Lipinski definition) is 10. The van der Waals surface area contributed by atoms with E-state index in [9.17, 15) is 29.4 Å². The Hall–Kier alpha value is -2.19. The molecular weight excluding hydrogens is 946 g/mol. The van der Waals surface area contributed by atoms with Crippen molar-refractivity contribution >= 4 is 72.8 Å². The second-order valence-electron chi connectivity index (χ2n) is 17.4. The van der Waals surface area contributed by atoms with E-state index in [1.165, 1.54) is 104 Å². The first-order chi connectivity index (χ1) is 31.0. The van der Waals surface area contributed by atoms with Crippen molar-refractivity contribution in [2.24, 2.45) is 0 Å². The van der Waals surface area contributed by atoms with Gasteiger partial charge in [0.2, 0.25) is 0 Å². The van der Waals surface area contributed by atoms with Gasteiger partial charge < -0.3 is 38.7 Å². The van der Waals surface area contributed by atoms with Crippen LogP contribution in [-0.4, -0.2) is 97.2 Å². The van der Waals surface area contributed by atoms with Crippen molar-refractivity contribution in [1.29, 1.82) is 0 Å². The molecule has 65 heavy (non-hydrogen) atoms. The van der Waals surface area contributed by atoms with Gasteiger partial charge in [0.15, 0.2) is 0 Å². The maximum atomic E-state index is 11.3. The minimum Gasteiger partial charge on any atom is -0.547 e. The van der Waals surface area contributed by atoms with Crippen molar-refractivity contribution in [3.8, 4) is 0 Å². The van der Waals surface area contributed by atoms with Gasteiger partial charge in [-0.3, -0.25) is 9.59 Å². The Morgan fingerprint density at radius 3 is 0.892 bits per heavy atom. The number of carboxylic acid groups (broad SMARTS) is 2. The summed E-state index contributed by atoms with van der Waals surface area (Å²) in [5.41, 5.74) is 1.96. The molecule has 0 aromatic heterocycles. The van der Waals surface area contributed by atoms with Gasteiger partial charge in [-0.25, -0.2) is 0 Å². The smallest absolute Gasteiger partial charge is 0.547 e. The van der Waals surface area contributed by atoms with Crippen LogP contribution < -0.4 is 10.2 Å². The Balaban J connectivity index is 0.00000124. The summed E-state index contributed by atoms with van der Waals surface area (Å²) in [5, 5.41) is 22.6. The van der Waals surface area contributed by atoms with Crippen LogP contribution in [0.5, 0.6) is 0 Å². The van der Waals surface area contributed by atoms with Gasteiger partial charge in [-0.05, 0) is 62.5 Å². The van der Waals surface area contributed by atoms with Gasteiger partial charge in [-0.15, -0.1) is 0 Å². The normalized spacial score (nSPS) is 12.7. The molecule has 0 bridgehead atoms. The molecule has 0 spiro atoms. The van der Waals surface area contributed by atoms with E-state index in [1.54, 1.807) is 0 Å². The molecular formula is C54H86BaO10. The van der Waals surface area contributed by atoms with Crippen LogP contribution >= 0.6 is 0 Å². The van der Waals surface area contributed by atoms with E-state index < -0.39 is 24.1 Å². The fourth-order valence-corrected chi connectivity index (χ4v) is 7.83. The zero-order valence-corrected chi connectivity index (χ0v) is 45.5. The molecule has 0 aliphatic heterocycles. The minimum absolute atomic E-state index is 0. The molecule has 0 aliphatic rings. The first-order valence-electron chi connectivity index (χ1n) is 25.1. The van der Waals surface area contributed by atoms with Crippen LogP contribution in [0.1, 0.15) is 219 Å². The van der Waals surface area contributed by atoms with Gasteiger partial charge >= 0.3 is 60.8 Å². The van der Waals surface area contributed by atoms with Crippen molar-refractivity contribution in [3.05, 3.63) is 71.8 Å². The van der Waals surface area contributed by atoms with Gasteiger partial charge in [0, 0.05) is 13.8 Å². The molecule has 4 unspecified atom stereocenters. The summed E-state index contributed by atoms with van der Waals surface area (Å²) in [4.78, 5) is 44.6. The molecule has 0 N–H and O–H groups in total. The Morgan fingerprint density at radius 1 is 0.415 bits per heavy atom. The largest absolute Gasteiger partial charge is 2.00 e. The summed E-state index contributed by atoms with van der Waals surface area (Å²) < 4.78 is 21.6. The number of hydrogen-bond donors (Lipinski definition) is 0. The number of aliphatic carboxylic acids is 2. The van der Waals surface area contributed by atoms with Gasteiger partial charge in [0.05, 0.1) is 37.4 Å². The molecule has 10 nitrogen and oxygen atoms in total. The van der Waals surface area contributed by atoms with Crippen molar-refractivity contribution in [2.45, 2.75) is 245 Å². The van der Waals surface area contributed by atoms with Crippen molar-refractivity contribution in [3.63, 3.8) is 0 Å². The Labute approximate surface area is 434 Å². The maximum absolute atomic E-state index is 11.3. The van der Waals surface area contributed by atoms with Crippen LogP contribution in [0.4, 0.5) is 0 Å². The second kappa shape index (κ2) is 44.3. The average Bonchev–Trinajstić information content (AvgIpc) is 3.28. The maximum Gasteiger partial charge on any atom is 2.00 e. The van der Waals surface area contributed by atoms with E-state index >= 15 is 0 Å². The first-order valence-corrected chi connectivity index (χ1v) is 25.1. The molecule has 0 radical (unpaired) electrons. The summed E-state index contributed by atoms with van der Waals surface area (Å²) in [6, 6.07) is 19.3. The summed E-state index contributed by atoms with van der Waals surface area (Å²) in [5.74, 6) is -2.58. The van der Waals surface area contributed by atoms with Gasteiger partial charge in [-0.1, -0.05) is 203 Å². The summed E-state index contributed by atoms with van der Waals surface area (Å²) >= 11 is 0. The second-order valence-corrected chi connectivity index (χ2v) is 17.4. The van der Waals surface area contributed by atoms with E-state index in [4.69, 9.17) is 18.9 Å². The van der Waals surface area contributed by atoms with Crippen LogP contribution in [0.2, 0.25) is 0 Å². The molecule has 0 heterocycles. The summed E-state index contributed by atoms with van der Waals surface area (Å²) in [6.07, 6.45) is 29.2. The summed E-state index contributed by atoms with van der Waals surface area (Å²) in [7, 11) is 0. The quantitative estimate of drug-likeness (QED) is 0.0358. The molecule has 2 aromatic rings. The molecule has 0 aliphatic carbocycles. The zero-order valence-electron chi connectivity index (χ0n) is 41.1. The van der Waals surface area contributed by atoms with Crippen molar-refractivity contribution < 1.29 is 48.3 Å². The van der Waals surface area contributed by atoms with Gasteiger partial charge in [0.1, 0.15) is 12.2 Å². The Kier molecular flexibility index (Phi) is 42.8. The predicted octanol–water partition coefficient (Wildman–Crippen LogP) is 11.1. The first kappa shape index (κ1) is 62.8. The number of benzene rings is 2. The number of ether oxygens (including phenoxy) is 4. The monoisotopic (exact) mass is 1030 g/mol. The van der Waals surface area contributed by atoms with Gasteiger partial charge in [-0.2, -0.15) is 0 Å². The summed E-state index contributed by atoms with van der Waals surface area (Å²) in [6.45, 7) is 7.71.